The molecule has 0 spiro atoms. The van der Waals surface area contributed by atoms with E-state index in [4.69, 9.17) is 5.14 Å². The van der Waals surface area contributed by atoms with Gasteiger partial charge >= 0.3 is 0 Å². The van der Waals surface area contributed by atoms with Gasteiger partial charge in [0.2, 0.25) is 15.9 Å². The molecule has 0 aliphatic carbocycles. The molecule has 1 aliphatic heterocycles. The van der Waals surface area contributed by atoms with Gasteiger partial charge in [-0.05, 0) is 12.5 Å². The molecule has 1 aliphatic rings. The van der Waals surface area contributed by atoms with E-state index in [2.05, 4.69) is 0 Å². The Kier molecular flexibility index (Phi) is 3.91. The van der Waals surface area contributed by atoms with Crippen molar-refractivity contribution in [3.63, 3.8) is 0 Å². The first-order chi connectivity index (χ1) is 8.83. The number of nitrogens with zero attached hydrogens (tertiary/aromatic N) is 1. The zero-order valence-corrected chi connectivity index (χ0v) is 11.7. The number of nitrogens with two attached hydrogens (primary N) is 1. The number of benzene rings is 1. The number of aryl methyl sites for hydroxylation is 1. The van der Waals surface area contributed by atoms with Crippen LogP contribution in [-0.2, 0) is 21.4 Å². The molecule has 19 heavy (non-hydrogen) atoms. The van der Waals surface area contributed by atoms with E-state index >= 15 is 0 Å². The van der Waals surface area contributed by atoms with Gasteiger partial charge in [-0.3, -0.25) is 4.79 Å². The quantitative estimate of drug-likeness (QED) is 0.879. The van der Waals surface area contributed by atoms with Crippen molar-refractivity contribution in [2.75, 3.05) is 12.3 Å². The number of amides is 1. The lowest BCUT2D eigenvalue weighted by molar-refractivity contribution is -0.128. The summed E-state index contributed by atoms with van der Waals surface area (Å²) in [5, 5.41) is 5.02. The van der Waals surface area contributed by atoms with E-state index in [0.29, 0.717) is 13.1 Å². The van der Waals surface area contributed by atoms with Crippen molar-refractivity contribution in [2.45, 2.75) is 19.9 Å². The zero-order valence-electron chi connectivity index (χ0n) is 10.9. The van der Waals surface area contributed by atoms with Gasteiger partial charge in [-0.1, -0.05) is 29.8 Å². The molecule has 1 fully saturated rings. The molecule has 0 saturated carbocycles. The normalized spacial score (nSPS) is 20.0. The number of likely N-dealkylation sites (tertiary alicyclic amines) is 1. The Hall–Kier alpha value is -1.40. The van der Waals surface area contributed by atoms with Crippen LogP contribution in [0, 0.1) is 12.8 Å². The highest BCUT2D eigenvalue weighted by Crippen LogP contribution is 2.21. The fraction of sp³-hybridized carbons (Fsp3) is 0.462. The summed E-state index contributed by atoms with van der Waals surface area (Å²) in [6, 6.07) is 7.94. The summed E-state index contributed by atoms with van der Waals surface area (Å²) in [6.07, 6.45) is 0.266. The summed E-state index contributed by atoms with van der Waals surface area (Å²) < 4.78 is 22.1. The molecule has 0 radical (unpaired) electrons. The van der Waals surface area contributed by atoms with Crippen molar-refractivity contribution in [1.82, 2.24) is 4.90 Å². The summed E-state index contributed by atoms with van der Waals surface area (Å²) in [5.74, 6) is -0.314. The molecule has 1 aromatic rings. The molecule has 1 heterocycles. The number of hydrogen-bond donors (Lipinski definition) is 1. The third-order valence-corrected chi connectivity index (χ3v) is 4.15. The minimum absolute atomic E-state index is 0.00449. The van der Waals surface area contributed by atoms with E-state index in [9.17, 15) is 13.2 Å². The van der Waals surface area contributed by atoms with E-state index in [1.54, 1.807) is 4.90 Å². The molecule has 2 rings (SSSR count). The average molecular weight is 282 g/mol. The molecule has 0 aromatic heterocycles. The third-order valence-electron chi connectivity index (χ3n) is 3.22. The minimum atomic E-state index is -3.51. The number of rotatable bonds is 4. The second kappa shape index (κ2) is 5.30. The molecule has 1 amide bonds. The molecular weight excluding hydrogens is 264 g/mol. The summed E-state index contributed by atoms with van der Waals surface area (Å²) in [7, 11) is -3.51. The van der Waals surface area contributed by atoms with Crippen LogP contribution in [0.25, 0.3) is 0 Å². The van der Waals surface area contributed by atoms with Crippen molar-refractivity contribution >= 4 is 15.9 Å². The first-order valence-corrected chi connectivity index (χ1v) is 7.89. The van der Waals surface area contributed by atoms with Crippen LogP contribution in [0.2, 0.25) is 0 Å². The molecular formula is C13H18N2O3S. The van der Waals surface area contributed by atoms with Gasteiger partial charge in [-0.25, -0.2) is 13.6 Å². The van der Waals surface area contributed by atoms with Gasteiger partial charge in [0.05, 0.1) is 5.75 Å². The summed E-state index contributed by atoms with van der Waals surface area (Å²) in [4.78, 5) is 13.5. The molecule has 6 heteroatoms. The van der Waals surface area contributed by atoms with Crippen LogP contribution < -0.4 is 5.14 Å². The minimum Gasteiger partial charge on any atom is -0.338 e. The van der Waals surface area contributed by atoms with Crippen LogP contribution in [0.15, 0.2) is 24.3 Å². The lowest BCUT2D eigenvalue weighted by atomic mass is 10.1. The molecule has 1 atom stereocenters. The maximum Gasteiger partial charge on any atom is 0.223 e. The SMILES string of the molecule is Cc1cccc(CN2CC(CS(N)(=O)=O)CC2=O)c1. The lowest BCUT2D eigenvalue weighted by Crippen LogP contribution is -2.27. The Morgan fingerprint density at radius 3 is 2.79 bits per heavy atom. The van der Waals surface area contributed by atoms with E-state index in [1.807, 2.05) is 31.2 Å². The Balaban J connectivity index is 2.01. The van der Waals surface area contributed by atoms with E-state index in [0.717, 1.165) is 11.1 Å². The van der Waals surface area contributed by atoms with Gasteiger partial charge in [-0.2, -0.15) is 0 Å². The monoisotopic (exact) mass is 282 g/mol. The first-order valence-electron chi connectivity index (χ1n) is 6.17. The van der Waals surface area contributed by atoms with Crippen LogP contribution in [-0.4, -0.2) is 31.5 Å². The topological polar surface area (TPSA) is 80.5 Å². The molecule has 2 N–H and O–H groups in total. The second-order valence-electron chi connectivity index (χ2n) is 5.16. The molecule has 1 aromatic carbocycles. The van der Waals surface area contributed by atoms with Gasteiger partial charge < -0.3 is 4.90 Å². The maximum absolute atomic E-state index is 11.9. The molecule has 5 nitrogen and oxygen atoms in total. The van der Waals surface area contributed by atoms with E-state index in [1.165, 1.54) is 0 Å². The molecule has 1 unspecified atom stereocenters. The van der Waals surface area contributed by atoms with Crippen LogP contribution in [0.4, 0.5) is 0 Å². The van der Waals surface area contributed by atoms with Crippen molar-refractivity contribution in [2.24, 2.45) is 11.1 Å². The number of sulfonamides is 1. The first kappa shape index (κ1) is 14.0. The predicted molar refractivity (Wildman–Crippen MR) is 72.7 cm³/mol. The van der Waals surface area contributed by atoms with E-state index < -0.39 is 10.0 Å². The van der Waals surface area contributed by atoms with Gasteiger partial charge in [-0.15, -0.1) is 0 Å². The smallest absolute Gasteiger partial charge is 0.223 e. The van der Waals surface area contributed by atoms with Gasteiger partial charge in [0.25, 0.3) is 0 Å². The fourth-order valence-corrected chi connectivity index (χ4v) is 3.36. The number of carbonyl (C=O) groups excluding carboxylic acids is 1. The Morgan fingerprint density at radius 2 is 2.16 bits per heavy atom. The van der Waals surface area contributed by atoms with Crippen LogP contribution in [0.5, 0.6) is 0 Å². The zero-order chi connectivity index (χ0) is 14.0. The summed E-state index contributed by atoms with van der Waals surface area (Å²) >= 11 is 0. The fourth-order valence-electron chi connectivity index (χ4n) is 2.48. The van der Waals surface area contributed by atoms with Gasteiger partial charge in [0.15, 0.2) is 0 Å². The van der Waals surface area contributed by atoms with Crippen LogP contribution >= 0.6 is 0 Å². The van der Waals surface area contributed by atoms with E-state index in [-0.39, 0.29) is 24.0 Å². The van der Waals surface area contributed by atoms with Crippen LogP contribution in [0.1, 0.15) is 17.5 Å². The Labute approximate surface area is 113 Å². The van der Waals surface area contributed by atoms with Gasteiger partial charge in [0.1, 0.15) is 0 Å². The van der Waals surface area contributed by atoms with Crippen molar-refractivity contribution < 1.29 is 13.2 Å². The molecule has 0 bridgehead atoms. The van der Waals surface area contributed by atoms with Crippen molar-refractivity contribution in [1.29, 1.82) is 0 Å². The van der Waals surface area contributed by atoms with Gasteiger partial charge in [0, 0.05) is 25.4 Å². The Morgan fingerprint density at radius 1 is 1.42 bits per heavy atom. The lowest BCUT2D eigenvalue weighted by Gasteiger charge is -2.16. The molecule has 1 saturated heterocycles. The largest absolute Gasteiger partial charge is 0.338 e. The number of hydrogen-bond acceptors (Lipinski definition) is 3. The highest BCUT2D eigenvalue weighted by molar-refractivity contribution is 7.89. The third kappa shape index (κ3) is 4.04. The molecule has 104 valence electrons. The maximum atomic E-state index is 11.9. The summed E-state index contributed by atoms with van der Waals surface area (Å²) in [6.45, 7) is 2.99. The Bertz CT molecular complexity index is 583. The average Bonchev–Trinajstić information content (AvgIpc) is 2.56. The second-order valence-corrected chi connectivity index (χ2v) is 6.82. The summed E-state index contributed by atoms with van der Waals surface area (Å²) in [5.41, 5.74) is 2.20. The highest BCUT2D eigenvalue weighted by Gasteiger charge is 2.31. The standard InChI is InChI=1S/C13H18N2O3S/c1-10-3-2-4-11(5-10)7-15-8-12(6-13(15)16)9-19(14,17)18/h2-5,12H,6-9H2,1H3,(H2,14,17,18). The van der Waals surface area contributed by atoms with Crippen molar-refractivity contribution in [3.8, 4) is 0 Å². The predicted octanol–water partition coefficient (Wildman–Crippen LogP) is 0.632. The highest BCUT2D eigenvalue weighted by atomic mass is 32.2. The van der Waals surface area contributed by atoms with Crippen LogP contribution in [0.3, 0.4) is 0 Å². The number of carbonyl (C=O) groups is 1. The van der Waals surface area contributed by atoms with Crippen molar-refractivity contribution in [3.05, 3.63) is 35.4 Å². The number of primary sulfonamides is 1.